The van der Waals surface area contributed by atoms with Crippen LogP contribution in [0.1, 0.15) is 22.3 Å². The minimum atomic E-state index is -0.484. The lowest BCUT2D eigenvalue weighted by atomic mass is 10.1. The van der Waals surface area contributed by atoms with Crippen LogP contribution in [0.5, 0.6) is 0 Å². The number of benzene rings is 2. The molecule has 0 atom stereocenters. The molecule has 4 nitrogen and oxygen atoms in total. The Balaban J connectivity index is 2.22. The minimum absolute atomic E-state index is 0.0150. The van der Waals surface area contributed by atoms with Gasteiger partial charge in [-0.15, -0.1) is 0 Å². The number of nitriles is 1. The summed E-state index contributed by atoms with van der Waals surface area (Å²) in [5.41, 5.74) is 5.60. The first-order chi connectivity index (χ1) is 11.8. The first-order valence-corrected chi connectivity index (χ1v) is 8.21. The Morgan fingerprint density at radius 1 is 1.08 bits per heavy atom. The standard InChI is InChI=1S/C20H20ClN3O/c1-12-7-14(3)19(15(4)8-12)23-11-16(10-22)20(25)24-18-9-17(21)6-5-13(18)2/h5-9,11,23H,1-4H3,(H,24,25)/b16-11-. The molecule has 2 aromatic rings. The van der Waals surface area contributed by atoms with E-state index >= 15 is 0 Å². The molecule has 0 bridgehead atoms. The molecule has 128 valence electrons. The van der Waals surface area contributed by atoms with E-state index in [9.17, 15) is 10.1 Å². The van der Waals surface area contributed by atoms with Crippen LogP contribution in [0.4, 0.5) is 11.4 Å². The zero-order chi connectivity index (χ0) is 18.6. The van der Waals surface area contributed by atoms with Crippen LogP contribution < -0.4 is 10.6 Å². The summed E-state index contributed by atoms with van der Waals surface area (Å²) in [6.45, 7) is 7.86. The molecule has 5 heteroatoms. The summed E-state index contributed by atoms with van der Waals surface area (Å²) in [5.74, 6) is -0.484. The lowest BCUT2D eigenvalue weighted by Crippen LogP contribution is -2.15. The third kappa shape index (κ3) is 4.62. The minimum Gasteiger partial charge on any atom is -0.360 e. The highest BCUT2D eigenvalue weighted by molar-refractivity contribution is 6.31. The molecule has 0 aliphatic rings. The zero-order valence-corrected chi connectivity index (χ0v) is 15.5. The number of anilines is 2. The molecule has 0 aliphatic heterocycles. The number of nitrogens with zero attached hydrogens (tertiary/aromatic N) is 1. The zero-order valence-electron chi connectivity index (χ0n) is 14.7. The molecule has 0 fully saturated rings. The van der Waals surface area contributed by atoms with Gasteiger partial charge in [0.25, 0.3) is 5.91 Å². The monoisotopic (exact) mass is 353 g/mol. The maximum absolute atomic E-state index is 12.4. The van der Waals surface area contributed by atoms with Crippen molar-refractivity contribution in [3.8, 4) is 6.07 Å². The van der Waals surface area contributed by atoms with Gasteiger partial charge in [-0.1, -0.05) is 35.4 Å². The Kier molecular flexibility index (Phi) is 5.84. The van der Waals surface area contributed by atoms with Gasteiger partial charge < -0.3 is 10.6 Å². The van der Waals surface area contributed by atoms with Crippen molar-refractivity contribution in [3.05, 3.63) is 69.4 Å². The predicted molar refractivity (Wildman–Crippen MR) is 103 cm³/mol. The van der Waals surface area contributed by atoms with E-state index < -0.39 is 5.91 Å². The molecule has 0 saturated carbocycles. The van der Waals surface area contributed by atoms with Crippen LogP contribution in [-0.2, 0) is 4.79 Å². The Morgan fingerprint density at radius 2 is 1.72 bits per heavy atom. The molecular weight excluding hydrogens is 334 g/mol. The molecule has 25 heavy (non-hydrogen) atoms. The van der Waals surface area contributed by atoms with Crippen molar-refractivity contribution in [2.24, 2.45) is 0 Å². The van der Waals surface area contributed by atoms with E-state index in [1.165, 1.54) is 11.8 Å². The van der Waals surface area contributed by atoms with Crippen molar-refractivity contribution >= 4 is 28.9 Å². The fraction of sp³-hybridized carbons (Fsp3) is 0.200. The van der Waals surface area contributed by atoms with Crippen molar-refractivity contribution in [1.82, 2.24) is 0 Å². The Labute approximate surface area is 153 Å². The molecule has 0 saturated heterocycles. The van der Waals surface area contributed by atoms with Gasteiger partial charge in [0.15, 0.2) is 0 Å². The Morgan fingerprint density at radius 3 is 2.32 bits per heavy atom. The van der Waals surface area contributed by atoms with E-state index in [0.717, 1.165) is 22.4 Å². The van der Waals surface area contributed by atoms with E-state index in [2.05, 4.69) is 10.6 Å². The van der Waals surface area contributed by atoms with Crippen LogP contribution in [0.25, 0.3) is 0 Å². The van der Waals surface area contributed by atoms with Gasteiger partial charge in [-0.2, -0.15) is 5.26 Å². The van der Waals surface area contributed by atoms with Crippen LogP contribution in [-0.4, -0.2) is 5.91 Å². The van der Waals surface area contributed by atoms with Gasteiger partial charge >= 0.3 is 0 Å². The van der Waals surface area contributed by atoms with Gasteiger partial charge in [0.05, 0.1) is 0 Å². The van der Waals surface area contributed by atoms with Crippen molar-refractivity contribution in [2.75, 3.05) is 10.6 Å². The average molecular weight is 354 g/mol. The molecular formula is C20H20ClN3O. The number of amides is 1. The quantitative estimate of drug-likeness (QED) is 0.598. The second kappa shape index (κ2) is 7.87. The van der Waals surface area contributed by atoms with Crippen LogP contribution in [0.3, 0.4) is 0 Å². The molecule has 2 rings (SSSR count). The van der Waals surface area contributed by atoms with Crippen LogP contribution in [0.2, 0.25) is 5.02 Å². The fourth-order valence-corrected chi connectivity index (χ4v) is 2.79. The first kappa shape index (κ1) is 18.6. The van der Waals surface area contributed by atoms with E-state index in [4.69, 9.17) is 11.6 Å². The largest absolute Gasteiger partial charge is 0.360 e. The highest BCUT2D eigenvalue weighted by Gasteiger charge is 2.12. The summed E-state index contributed by atoms with van der Waals surface area (Å²) in [5, 5.41) is 15.6. The number of hydrogen-bond donors (Lipinski definition) is 2. The van der Waals surface area contributed by atoms with E-state index in [-0.39, 0.29) is 5.57 Å². The maximum atomic E-state index is 12.4. The highest BCUT2D eigenvalue weighted by Crippen LogP contribution is 2.23. The van der Waals surface area contributed by atoms with Gasteiger partial charge in [-0.3, -0.25) is 4.79 Å². The normalized spacial score (nSPS) is 11.0. The summed E-state index contributed by atoms with van der Waals surface area (Å²) < 4.78 is 0. The van der Waals surface area contributed by atoms with Crippen LogP contribution in [0, 0.1) is 39.0 Å². The van der Waals surface area contributed by atoms with Gasteiger partial charge in [0.2, 0.25) is 0 Å². The SMILES string of the molecule is Cc1cc(C)c(N/C=C(/C#N)C(=O)Nc2cc(Cl)ccc2C)c(C)c1. The molecule has 0 aromatic heterocycles. The van der Waals surface area contributed by atoms with E-state index in [1.807, 2.05) is 52.0 Å². The number of aryl methyl sites for hydroxylation is 4. The number of rotatable bonds is 4. The van der Waals surface area contributed by atoms with Gasteiger partial charge in [0.1, 0.15) is 11.6 Å². The highest BCUT2D eigenvalue weighted by atomic mass is 35.5. The summed E-state index contributed by atoms with van der Waals surface area (Å²) in [6.07, 6.45) is 1.43. The first-order valence-electron chi connectivity index (χ1n) is 7.84. The Hall–Kier alpha value is -2.77. The summed E-state index contributed by atoms with van der Waals surface area (Å²) >= 11 is 5.96. The molecule has 2 aromatic carbocycles. The maximum Gasteiger partial charge on any atom is 0.267 e. The average Bonchev–Trinajstić information content (AvgIpc) is 2.53. The van der Waals surface area contributed by atoms with Gasteiger partial charge in [0, 0.05) is 22.6 Å². The van der Waals surface area contributed by atoms with E-state index in [0.29, 0.717) is 10.7 Å². The van der Waals surface area contributed by atoms with Gasteiger partial charge in [-0.05, 0) is 56.5 Å². The third-order valence-electron chi connectivity index (χ3n) is 3.85. The second-order valence-corrected chi connectivity index (χ2v) is 6.44. The summed E-state index contributed by atoms with van der Waals surface area (Å²) in [6, 6.07) is 11.2. The fourth-order valence-electron chi connectivity index (χ4n) is 2.62. The Bertz CT molecular complexity index is 871. The summed E-state index contributed by atoms with van der Waals surface area (Å²) in [4.78, 5) is 12.4. The number of carbonyl (C=O) groups is 1. The topological polar surface area (TPSA) is 64.9 Å². The molecule has 0 unspecified atom stereocenters. The number of hydrogen-bond acceptors (Lipinski definition) is 3. The van der Waals surface area contributed by atoms with Crippen LogP contribution in [0.15, 0.2) is 42.1 Å². The third-order valence-corrected chi connectivity index (χ3v) is 4.09. The van der Waals surface area contributed by atoms with Crippen LogP contribution >= 0.6 is 11.6 Å². The van der Waals surface area contributed by atoms with Crippen molar-refractivity contribution in [2.45, 2.75) is 27.7 Å². The van der Waals surface area contributed by atoms with Crippen molar-refractivity contribution < 1.29 is 4.79 Å². The van der Waals surface area contributed by atoms with Crippen molar-refractivity contribution in [3.63, 3.8) is 0 Å². The van der Waals surface area contributed by atoms with E-state index in [1.54, 1.807) is 12.1 Å². The number of carbonyl (C=O) groups excluding carboxylic acids is 1. The van der Waals surface area contributed by atoms with Gasteiger partial charge in [-0.25, -0.2) is 0 Å². The lowest BCUT2D eigenvalue weighted by molar-refractivity contribution is -0.112. The molecule has 0 aliphatic carbocycles. The molecule has 0 heterocycles. The molecule has 0 radical (unpaired) electrons. The van der Waals surface area contributed by atoms with Crippen molar-refractivity contribution in [1.29, 1.82) is 5.26 Å². The second-order valence-electron chi connectivity index (χ2n) is 6.00. The summed E-state index contributed by atoms with van der Waals surface area (Å²) in [7, 11) is 0. The molecule has 1 amide bonds. The molecule has 0 spiro atoms. The molecule has 2 N–H and O–H groups in total. The lowest BCUT2D eigenvalue weighted by Gasteiger charge is -2.12. The number of halogens is 1. The smallest absolute Gasteiger partial charge is 0.267 e. The predicted octanol–water partition coefficient (Wildman–Crippen LogP) is 5.03. The number of nitrogens with one attached hydrogen (secondary N) is 2.